The Bertz CT molecular complexity index is 630. The number of carbonyl (C=O) groups is 1. The number of aldehydes is 1. The third-order valence-electron chi connectivity index (χ3n) is 3.14. The summed E-state index contributed by atoms with van der Waals surface area (Å²) < 4.78 is 0. The Morgan fingerprint density at radius 2 is 1.81 bits per heavy atom. The largest absolute Gasteiger partial charge is 0.375 e. The van der Waals surface area contributed by atoms with E-state index in [-0.39, 0.29) is 5.11 Å². The van der Waals surface area contributed by atoms with Gasteiger partial charge in [-0.2, -0.15) is 0 Å². The van der Waals surface area contributed by atoms with Crippen molar-refractivity contribution in [3.63, 3.8) is 0 Å². The number of nitrogens with one attached hydrogen (secondary N) is 1. The molecule has 5 heteroatoms. The second-order valence-corrected chi connectivity index (χ2v) is 5.03. The van der Waals surface area contributed by atoms with Gasteiger partial charge in [-0.1, -0.05) is 48.5 Å². The van der Waals surface area contributed by atoms with E-state index in [1.54, 1.807) is 5.01 Å². The van der Waals surface area contributed by atoms with E-state index in [2.05, 4.69) is 5.43 Å². The minimum atomic E-state index is -0.521. The zero-order valence-corrected chi connectivity index (χ0v) is 12.5. The summed E-state index contributed by atoms with van der Waals surface area (Å²) in [5.74, 6) is 0. The summed E-state index contributed by atoms with van der Waals surface area (Å²) in [4.78, 5) is 11.4. The first-order chi connectivity index (χ1) is 10.1. The molecule has 1 unspecified atom stereocenters. The van der Waals surface area contributed by atoms with Crippen LogP contribution >= 0.6 is 12.2 Å². The van der Waals surface area contributed by atoms with Gasteiger partial charge in [0.25, 0.3) is 0 Å². The third kappa shape index (κ3) is 3.65. The van der Waals surface area contributed by atoms with Crippen molar-refractivity contribution in [2.24, 2.45) is 5.73 Å². The van der Waals surface area contributed by atoms with Crippen LogP contribution in [-0.4, -0.2) is 11.4 Å². The van der Waals surface area contributed by atoms with Crippen LogP contribution in [0.1, 0.15) is 17.2 Å². The number of nitrogens with two attached hydrogens (primary N) is 1. The standard InChI is InChI=1S/C16H17N3OS/c1-12-7-5-6-10-15(12)19(16(17)21)18-14(11-20)13-8-3-2-4-9-13/h2-11,14,18H,1H3,(H2,17,21). The molecule has 108 valence electrons. The molecule has 21 heavy (non-hydrogen) atoms. The highest BCUT2D eigenvalue weighted by molar-refractivity contribution is 7.80. The second-order valence-electron chi connectivity index (χ2n) is 4.61. The van der Waals surface area contributed by atoms with Crippen LogP contribution in [0.3, 0.4) is 0 Å². The molecule has 0 fully saturated rings. The number of carbonyl (C=O) groups excluding carboxylic acids is 1. The van der Waals surface area contributed by atoms with E-state index in [4.69, 9.17) is 18.0 Å². The summed E-state index contributed by atoms with van der Waals surface area (Å²) in [6, 6.07) is 16.6. The third-order valence-corrected chi connectivity index (χ3v) is 3.32. The van der Waals surface area contributed by atoms with Crippen molar-refractivity contribution in [3.05, 3.63) is 65.7 Å². The van der Waals surface area contributed by atoms with Crippen molar-refractivity contribution in [2.45, 2.75) is 13.0 Å². The highest BCUT2D eigenvalue weighted by Crippen LogP contribution is 2.20. The Morgan fingerprint density at radius 3 is 2.38 bits per heavy atom. The van der Waals surface area contributed by atoms with Crippen molar-refractivity contribution < 1.29 is 4.79 Å². The quantitative estimate of drug-likeness (QED) is 0.505. The number of rotatable bonds is 5. The van der Waals surface area contributed by atoms with Crippen LogP contribution in [0.25, 0.3) is 0 Å². The lowest BCUT2D eigenvalue weighted by atomic mass is 10.1. The minimum Gasteiger partial charge on any atom is -0.375 e. The number of aryl methyl sites for hydroxylation is 1. The second kappa shape index (κ2) is 6.97. The van der Waals surface area contributed by atoms with Crippen LogP contribution in [0, 0.1) is 6.92 Å². The number of benzene rings is 2. The van der Waals surface area contributed by atoms with Gasteiger partial charge in [0.2, 0.25) is 0 Å². The first-order valence-corrected chi connectivity index (χ1v) is 6.96. The zero-order valence-electron chi connectivity index (χ0n) is 11.7. The highest BCUT2D eigenvalue weighted by Gasteiger charge is 2.18. The summed E-state index contributed by atoms with van der Waals surface area (Å²) in [6.07, 6.45) is 0.832. The fourth-order valence-electron chi connectivity index (χ4n) is 2.05. The van der Waals surface area contributed by atoms with Crippen molar-refractivity contribution >= 4 is 29.3 Å². The van der Waals surface area contributed by atoms with Crippen molar-refractivity contribution in [1.29, 1.82) is 0 Å². The van der Waals surface area contributed by atoms with Crippen molar-refractivity contribution in [1.82, 2.24) is 5.43 Å². The molecule has 0 saturated carbocycles. The number of nitrogens with zero attached hydrogens (tertiary/aromatic N) is 1. The van der Waals surface area contributed by atoms with Crippen LogP contribution < -0.4 is 16.2 Å². The number of para-hydroxylation sites is 1. The molecule has 0 aliphatic rings. The van der Waals surface area contributed by atoms with Crippen molar-refractivity contribution in [2.75, 3.05) is 5.01 Å². The summed E-state index contributed by atoms with van der Waals surface area (Å²) in [7, 11) is 0. The number of hydrogen-bond donors (Lipinski definition) is 2. The molecule has 4 nitrogen and oxygen atoms in total. The minimum absolute atomic E-state index is 0.159. The molecule has 2 aromatic carbocycles. The molecular formula is C16H17N3OS. The Hall–Kier alpha value is -2.24. The van der Waals surface area contributed by atoms with Crippen LogP contribution in [0.15, 0.2) is 54.6 Å². The van der Waals surface area contributed by atoms with Crippen LogP contribution in [-0.2, 0) is 4.79 Å². The molecule has 1 atom stereocenters. The Kier molecular flexibility index (Phi) is 5.03. The topological polar surface area (TPSA) is 58.4 Å². The highest BCUT2D eigenvalue weighted by atomic mass is 32.1. The maximum absolute atomic E-state index is 11.4. The number of anilines is 1. The molecule has 0 spiro atoms. The predicted molar refractivity (Wildman–Crippen MR) is 88.8 cm³/mol. The van der Waals surface area contributed by atoms with E-state index >= 15 is 0 Å². The van der Waals surface area contributed by atoms with Gasteiger partial charge in [0.05, 0.1) is 5.69 Å². The van der Waals surface area contributed by atoms with E-state index in [0.717, 1.165) is 23.1 Å². The maximum atomic E-state index is 11.4. The maximum Gasteiger partial charge on any atom is 0.185 e. The van der Waals surface area contributed by atoms with Crippen molar-refractivity contribution in [3.8, 4) is 0 Å². The van der Waals surface area contributed by atoms with E-state index in [0.29, 0.717) is 0 Å². The molecule has 3 N–H and O–H groups in total. The fraction of sp³-hybridized carbons (Fsp3) is 0.125. The molecule has 0 aliphatic carbocycles. The molecule has 2 rings (SSSR count). The average Bonchev–Trinajstić information content (AvgIpc) is 2.50. The zero-order chi connectivity index (χ0) is 15.2. The molecule has 0 aromatic heterocycles. The Balaban J connectivity index is 2.30. The normalized spacial score (nSPS) is 11.7. The van der Waals surface area contributed by atoms with E-state index < -0.39 is 6.04 Å². The molecule has 0 aliphatic heterocycles. The van der Waals surface area contributed by atoms with Gasteiger partial charge in [-0.15, -0.1) is 0 Å². The lowest BCUT2D eigenvalue weighted by Gasteiger charge is -2.28. The van der Waals surface area contributed by atoms with Crippen LogP contribution in [0.4, 0.5) is 5.69 Å². The lowest BCUT2D eigenvalue weighted by molar-refractivity contribution is -0.109. The molecular weight excluding hydrogens is 282 g/mol. The van der Waals surface area contributed by atoms with Gasteiger partial charge in [0.15, 0.2) is 5.11 Å². The van der Waals surface area contributed by atoms with Crippen LogP contribution in [0.5, 0.6) is 0 Å². The van der Waals surface area contributed by atoms with Gasteiger partial charge in [0.1, 0.15) is 12.3 Å². The predicted octanol–water partition coefficient (Wildman–Crippen LogP) is 2.49. The molecule has 0 amide bonds. The number of hydrazine groups is 1. The Labute approximate surface area is 129 Å². The summed E-state index contributed by atoms with van der Waals surface area (Å²) in [5.41, 5.74) is 11.6. The number of thiocarbonyl (C=S) groups is 1. The summed E-state index contributed by atoms with van der Waals surface area (Å²) in [5, 5.41) is 1.73. The number of hydrogen-bond acceptors (Lipinski definition) is 3. The molecule has 2 aromatic rings. The summed E-state index contributed by atoms with van der Waals surface area (Å²) in [6.45, 7) is 1.96. The van der Waals surface area contributed by atoms with Gasteiger partial charge < -0.3 is 10.5 Å². The van der Waals surface area contributed by atoms with E-state index in [1.807, 2.05) is 61.5 Å². The van der Waals surface area contributed by atoms with E-state index in [1.165, 1.54) is 0 Å². The van der Waals surface area contributed by atoms with E-state index in [9.17, 15) is 4.79 Å². The SMILES string of the molecule is Cc1ccccc1N(NC(C=O)c1ccccc1)C(N)=S. The molecule has 0 radical (unpaired) electrons. The molecule has 0 heterocycles. The summed E-state index contributed by atoms with van der Waals surface area (Å²) >= 11 is 5.10. The van der Waals surface area contributed by atoms with Gasteiger partial charge in [-0.3, -0.25) is 5.01 Å². The monoisotopic (exact) mass is 299 g/mol. The first kappa shape index (κ1) is 15.2. The average molecular weight is 299 g/mol. The van der Waals surface area contributed by atoms with Crippen LogP contribution in [0.2, 0.25) is 0 Å². The van der Waals surface area contributed by atoms with Gasteiger partial charge in [-0.25, -0.2) is 5.43 Å². The lowest BCUT2D eigenvalue weighted by Crippen LogP contribution is -2.48. The first-order valence-electron chi connectivity index (χ1n) is 6.55. The smallest absolute Gasteiger partial charge is 0.185 e. The van der Waals surface area contributed by atoms with Gasteiger partial charge in [-0.05, 0) is 36.3 Å². The van der Waals surface area contributed by atoms with Gasteiger partial charge in [0, 0.05) is 0 Å². The van der Waals surface area contributed by atoms with Gasteiger partial charge >= 0.3 is 0 Å². The Morgan fingerprint density at radius 1 is 1.19 bits per heavy atom. The molecule has 0 bridgehead atoms. The fourth-order valence-corrected chi connectivity index (χ4v) is 2.20. The molecule has 0 saturated heterocycles.